The molecule has 0 aromatic heterocycles. The Kier molecular flexibility index (Phi) is 4.30. The summed E-state index contributed by atoms with van der Waals surface area (Å²) in [6.45, 7) is 4.86. The number of amides is 2. The quantitative estimate of drug-likeness (QED) is 0.856. The molecule has 3 rings (SSSR count). The third-order valence-corrected chi connectivity index (χ3v) is 4.84. The Labute approximate surface area is 141 Å². The number of carboxylic acid groups (broad SMARTS) is 1. The number of hydrogen-bond donors (Lipinski definition) is 1. The Balaban J connectivity index is 1.78. The zero-order chi connectivity index (χ0) is 17.4. The van der Waals surface area contributed by atoms with Crippen molar-refractivity contribution in [1.82, 2.24) is 4.90 Å². The fourth-order valence-electron chi connectivity index (χ4n) is 3.76. The van der Waals surface area contributed by atoms with Crippen LogP contribution in [-0.2, 0) is 14.4 Å². The minimum Gasteiger partial charge on any atom is -0.480 e. The van der Waals surface area contributed by atoms with Crippen molar-refractivity contribution < 1.29 is 19.5 Å². The van der Waals surface area contributed by atoms with Gasteiger partial charge in [-0.3, -0.25) is 9.59 Å². The molecule has 24 heavy (non-hydrogen) atoms. The number of hydrogen-bond acceptors (Lipinski definition) is 3. The van der Waals surface area contributed by atoms with Crippen LogP contribution in [0.3, 0.4) is 0 Å². The SMILES string of the molecule is Cc1cc(C)cc(N2CCC(C(=O)N3CCC[C@H]3C(=O)O)C2=O)c1. The van der Waals surface area contributed by atoms with Gasteiger partial charge in [0.05, 0.1) is 0 Å². The third-order valence-electron chi connectivity index (χ3n) is 4.84. The molecule has 2 atom stereocenters. The molecular weight excluding hydrogens is 308 g/mol. The molecule has 2 saturated heterocycles. The largest absolute Gasteiger partial charge is 0.480 e. The average Bonchev–Trinajstić information content (AvgIpc) is 3.12. The van der Waals surface area contributed by atoms with Crippen LogP contribution in [0.4, 0.5) is 5.69 Å². The molecular formula is C18H22N2O4. The van der Waals surface area contributed by atoms with Crippen molar-refractivity contribution in [3.63, 3.8) is 0 Å². The first-order chi connectivity index (χ1) is 11.4. The van der Waals surface area contributed by atoms with E-state index >= 15 is 0 Å². The molecule has 0 bridgehead atoms. The number of carbonyl (C=O) groups excluding carboxylic acids is 2. The van der Waals surface area contributed by atoms with E-state index in [0.717, 1.165) is 16.8 Å². The second-order valence-corrected chi connectivity index (χ2v) is 6.70. The van der Waals surface area contributed by atoms with Crippen molar-refractivity contribution in [1.29, 1.82) is 0 Å². The topological polar surface area (TPSA) is 77.9 Å². The molecule has 2 aliphatic rings. The summed E-state index contributed by atoms with van der Waals surface area (Å²) in [4.78, 5) is 39.7. The van der Waals surface area contributed by atoms with Crippen LogP contribution in [0, 0.1) is 19.8 Å². The molecule has 2 fully saturated rings. The van der Waals surface area contributed by atoms with Gasteiger partial charge in [-0.1, -0.05) is 6.07 Å². The summed E-state index contributed by atoms with van der Waals surface area (Å²) in [5.74, 6) is -2.30. The van der Waals surface area contributed by atoms with E-state index in [9.17, 15) is 19.5 Å². The summed E-state index contributed by atoms with van der Waals surface area (Å²) in [5, 5.41) is 9.24. The van der Waals surface area contributed by atoms with Crippen molar-refractivity contribution in [3.8, 4) is 0 Å². The number of benzene rings is 1. The fraction of sp³-hybridized carbons (Fsp3) is 0.500. The number of likely N-dealkylation sites (tertiary alicyclic amines) is 1. The number of carboxylic acids is 1. The minimum absolute atomic E-state index is 0.221. The molecule has 0 spiro atoms. The molecule has 0 radical (unpaired) electrons. The number of carbonyl (C=O) groups is 3. The summed E-state index contributed by atoms with van der Waals surface area (Å²) >= 11 is 0. The highest BCUT2D eigenvalue weighted by Crippen LogP contribution is 2.30. The van der Waals surface area contributed by atoms with E-state index in [4.69, 9.17) is 0 Å². The van der Waals surface area contributed by atoms with Gasteiger partial charge in [-0.15, -0.1) is 0 Å². The van der Waals surface area contributed by atoms with Gasteiger partial charge in [0.1, 0.15) is 12.0 Å². The summed E-state index contributed by atoms with van der Waals surface area (Å²) < 4.78 is 0. The van der Waals surface area contributed by atoms with E-state index in [1.54, 1.807) is 4.90 Å². The Hall–Kier alpha value is -2.37. The smallest absolute Gasteiger partial charge is 0.326 e. The van der Waals surface area contributed by atoms with Gasteiger partial charge in [-0.05, 0) is 56.4 Å². The highest BCUT2D eigenvalue weighted by molar-refractivity contribution is 6.10. The van der Waals surface area contributed by atoms with Crippen LogP contribution < -0.4 is 4.90 Å². The zero-order valence-electron chi connectivity index (χ0n) is 14.0. The molecule has 1 unspecified atom stereocenters. The van der Waals surface area contributed by atoms with Gasteiger partial charge in [0.25, 0.3) is 0 Å². The molecule has 6 nitrogen and oxygen atoms in total. The molecule has 1 aromatic rings. The standard InChI is InChI=1S/C18H22N2O4/c1-11-8-12(2)10-13(9-11)19-7-5-14(16(19)21)17(22)20-6-3-4-15(20)18(23)24/h8-10,14-15H,3-7H2,1-2H3,(H,23,24)/t14?,15-/m0/s1. The summed E-state index contributed by atoms with van der Waals surface area (Å²) in [7, 11) is 0. The van der Waals surface area contributed by atoms with Crippen molar-refractivity contribution in [2.24, 2.45) is 5.92 Å². The average molecular weight is 330 g/mol. The molecule has 1 aromatic carbocycles. The maximum atomic E-state index is 12.7. The second kappa shape index (κ2) is 6.26. The summed E-state index contributed by atoms with van der Waals surface area (Å²) in [6, 6.07) is 5.12. The Morgan fingerprint density at radius 3 is 2.38 bits per heavy atom. The first-order valence-electron chi connectivity index (χ1n) is 8.31. The van der Waals surface area contributed by atoms with Crippen LogP contribution in [0.25, 0.3) is 0 Å². The van der Waals surface area contributed by atoms with Gasteiger partial charge < -0.3 is 14.9 Å². The Morgan fingerprint density at radius 2 is 1.75 bits per heavy atom. The van der Waals surface area contributed by atoms with Gasteiger partial charge in [-0.25, -0.2) is 4.79 Å². The van der Waals surface area contributed by atoms with Gasteiger partial charge in [-0.2, -0.15) is 0 Å². The van der Waals surface area contributed by atoms with Crippen LogP contribution in [0.2, 0.25) is 0 Å². The zero-order valence-corrected chi connectivity index (χ0v) is 14.0. The molecule has 2 amide bonds. The van der Waals surface area contributed by atoms with Crippen LogP contribution in [0.15, 0.2) is 18.2 Å². The second-order valence-electron chi connectivity index (χ2n) is 6.70. The fourth-order valence-corrected chi connectivity index (χ4v) is 3.76. The van der Waals surface area contributed by atoms with Crippen molar-refractivity contribution >= 4 is 23.5 Å². The third kappa shape index (κ3) is 2.88. The molecule has 6 heteroatoms. The maximum Gasteiger partial charge on any atom is 0.326 e. The number of aryl methyl sites for hydroxylation is 2. The van der Waals surface area contributed by atoms with Gasteiger partial charge in [0, 0.05) is 18.8 Å². The lowest BCUT2D eigenvalue weighted by atomic mass is 10.1. The van der Waals surface area contributed by atoms with Crippen LogP contribution in [-0.4, -0.2) is 46.9 Å². The van der Waals surface area contributed by atoms with E-state index < -0.39 is 17.9 Å². The highest BCUT2D eigenvalue weighted by Gasteiger charge is 2.44. The lowest BCUT2D eigenvalue weighted by Gasteiger charge is -2.24. The molecule has 2 heterocycles. The van der Waals surface area contributed by atoms with E-state index in [0.29, 0.717) is 32.4 Å². The van der Waals surface area contributed by atoms with Gasteiger partial charge in [0.15, 0.2) is 0 Å². The van der Waals surface area contributed by atoms with Gasteiger partial charge in [0.2, 0.25) is 11.8 Å². The normalized spacial score (nSPS) is 23.8. The number of rotatable bonds is 3. The van der Waals surface area contributed by atoms with Crippen LogP contribution in [0.1, 0.15) is 30.4 Å². The van der Waals surface area contributed by atoms with Crippen LogP contribution in [0.5, 0.6) is 0 Å². The number of nitrogens with zero attached hydrogens (tertiary/aromatic N) is 2. The number of anilines is 1. The van der Waals surface area contributed by atoms with Crippen molar-refractivity contribution in [2.45, 2.75) is 39.2 Å². The monoisotopic (exact) mass is 330 g/mol. The number of aliphatic carboxylic acids is 1. The van der Waals surface area contributed by atoms with Crippen molar-refractivity contribution in [3.05, 3.63) is 29.3 Å². The lowest BCUT2D eigenvalue weighted by molar-refractivity contribution is -0.151. The predicted molar refractivity (Wildman–Crippen MR) is 88.7 cm³/mol. The van der Waals surface area contributed by atoms with Crippen molar-refractivity contribution in [2.75, 3.05) is 18.0 Å². The minimum atomic E-state index is -0.988. The molecule has 1 N–H and O–H groups in total. The maximum absolute atomic E-state index is 12.7. The highest BCUT2D eigenvalue weighted by atomic mass is 16.4. The van der Waals surface area contributed by atoms with E-state index in [1.165, 1.54) is 4.90 Å². The Morgan fingerprint density at radius 1 is 1.08 bits per heavy atom. The lowest BCUT2D eigenvalue weighted by Crippen LogP contribution is -2.45. The van der Waals surface area contributed by atoms with E-state index in [-0.39, 0.29) is 11.8 Å². The van der Waals surface area contributed by atoms with Crippen LogP contribution >= 0.6 is 0 Å². The molecule has 0 saturated carbocycles. The Bertz CT molecular complexity index is 680. The van der Waals surface area contributed by atoms with Gasteiger partial charge >= 0.3 is 5.97 Å². The molecule has 128 valence electrons. The first kappa shape index (κ1) is 16.5. The molecule has 0 aliphatic carbocycles. The summed E-state index contributed by atoms with van der Waals surface area (Å²) in [5.41, 5.74) is 2.94. The first-order valence-corrected chi connectivity index (χ1v) is 8.31. The predicted octanol–water partition coefficient (Wildman–Crippen LogP) is 1.73. The summed E-state index contributed by atoms with van der Waals surface area (Å²) in [6.07, 6.45) is 1.57. The van der Waals surface area contributed by atoms with E-state index in [2.05, 4.69) is 0 Å². The van der Waals surface area contributed by atoms with E-state index in [1.807, 2.05) is 32.0 Å². The molecule has 2 aliphatic heterocycles.